The van der Waals surface area contributed by atoms with Crippen LogP contribution in [0.1, 0.15) is 0 Å². The SMILES string of the molecule is COCC1CN(c2ccc3cc(S(N)(=O)=O)ccc3c2)C(=O)O1. The van der Waals surface area contributed by atoms with E-state index in [2.05, 4.69) is 0 Å². The van der Waals surface area contributed by atoms with Gasteiger partial charge in [-0.3, -0.25) is 4.90 Å². The molecule has 1 fully saturated rings. The van der Waals surface area contributed by atoms with Crippen LogP contribution in [0.5, 0.6) is 0 Å². The Bertz CT molecular complexity index is 865. The number of benzene rings is 2. The summed E-state index contributed by atoms with van der Waals surface area (Å²) in [7, 11) is -2.19. The van der Waals surface area contributed by atoms with Crippen molar-refractivity contribution in [3.8, 4) is 0 Å². The molecule has 1 heterocycles. The standard InChI is InChI=1S/C15H16N2O5S/c1-21-9-13-8-17(15(18)22-13)12-4-2-11-7-14(23(16,19)20)5-3-10(11)6-12/h2-7,13H,8-9H2,1H3,(H2,16,19,20). The number of ether oxygens (including phenoxy) is 2. The molecule has 0 bridgehead atoms. The number of fused-ring (bicyclic) bond motifs is 1. The molecule has 8 heteroatoms. The van der Waals surface area contributed by atoms with Crippen LogP contribution in [0.25, 0.3) is 10.8 Å². The van der Waals surface area contributed by atoms with Gasteiger partial charge in [0.2, 0.25) is 10.0 Å². The Morgan fingerprint density at radius 2 is 1.96 bits per heavy atom. The van der Waals surface area contributed by atoms with Crippen molar-refractivity contribution in [1.82, 2.24) is 0 Å². The summed E-state index contributed by atoms with van der Waals surface area (Å²) in [4.78, 5) is 13.5. The lowest BCUT2D eigenvalue weighted by atomic mass is 10.1. The van der Waals surface area contributed by atoms with Crippen LogP contribution in [0, 0.1) is 0 Å². The first-order valence-corrected chi connectivity index (χ1v) is 8.47. The van der Waals surface area contributed by atoms with Crippen molar-refractivity contribution in [2.75, 3.05) is 25.2 Å². The van der Waals surface area contributed by atoms with E-state index in [1.165, 1.54) is 17.0 Å². The predicted octanol–water partition coefficient (Wildman–Crippen LogP) is 1.46. The highest BCUT2D eigenvalue weighted by Crippen LogP contribution is 2.27. The molecule has 0 radical (unpaired) electrons. The molecule has 1 atom stereocenters. The van der Waals surface area contributed by atoms with Gasteiger partial charge >= 0.3 is 6.09 Å². The third-order valence-electron chi connectivity index (χ3n) is 3.66. The summed E-state index contributed by atoms with van der Waals surface area (Å²) in [5.41, 5.74) is 0.685. The maximum atomic E-state index is 11.9. The number of cyclic esters (lactones) is 1. The maximum absolute atomic E-state index is 11.9. The third kappa shape index (κ3) is 3.14. The molecule has 0 aromatic heterocycles. The first kappa shape index (κ1) is 15.7. The summed E-state index contributed by atoms with van der Waals surface area (Å²) in [6, 6.07) is 9.90. The van der Waals surface area contributed by atoms with Gasteiger partial charge in [-0.15, -0.1) is 0 Å². The van der Waals surface area contributed by atoms with E-state index in [0.717, 1.165) is 10.8 Å². The Kier molecular flexibility index (Phi) is 3.97. The van der Waals surface area contributed by atoms with Gasteiger partial charge in [0.05, 0.1) is 18.0 Å². The van der Waals surface area contributed by atoms with Gasteiger partial charge in [-0.1, -0.05) is 12.1 Å². The molecule has 1 aliphatic heterocycles. The second kappa shape index (κ2) is 5.80. The highest BCUT2D eigenvalue weighted by molar-refractivity contribution is 7.89. The van der Waals surface area contributed by atoms with E-state index in [9.17, 15) is 13.2 Å². The van der Waals surface area contributed by atoms with Crippen LogP contribution < -0.4 is 10.0 Å². The summed E-state index contributed by atoms with van der Waals surface area (Å²) in [5.74, 6) is 0. The van der Waals surface area contributed by atoms with Crippen LogP contribution >= 0.6 is 0 Å². The highest BCUT2D eigenvalue weighted by atomic mass is 32.2. The molecule has 0 spiro atoms. The number of hydrogen-bond donors (Lipinski definition) is 1. The number of rotatable bonds is 4. The van der Waals surface area contributed by atoms with E-state index < -0.39 is 16.1 Å². The number of primary sulfonamides is 1. The number of methoxy groups -OCH3 is 1. The van der Waals surface area contributed by atoms with E-state index in [-0.39, 0.29) is 11.0 Å². The number of amides is 1. The van der Waals surface area contributed by atoms with Crippen LogP contribution in [0.3, 0.4) is 0 Å². The zero-order chi connectivity index (χ0) is 16.6. The van der Waals surface area contributed by atoms with E-state index in [1.807, 2.05) is 0 Å². The second-order valence-electron chi connectivity index (χ2n) is 5.31. The lowest BCUT2D eigenvalue weighted by Gasteiger charge is -2.14. The number of carbonyl (C=O) groups excluding carboxylic acids is 1. The van der Waals surface area contributed by atoms with Crippen molar-refractivity contribution < 1.29 is 22.7 Å². The quantitative estimate of drug-likeness (QED) is 0.911. The van der Waals surface area contributed by atoms with E-state index >= 15 is 0 Å². The van der Waals surface area contributed by atoms with Gasteiger partial charge < -0.3 is 9.47 Å². The molecule has 1 saturated heterocycles. The normalized spacial score (nSPS) is 18.4. The average molecular weight is 336 g/mol. The molecule has 2 aromatic rings. The summed E-state index contributed by atoms with van der Waals surface area (Å²) >= 11 is 0. The molecular formula is C15H16N2O5S. The fourth-order valence-corrected chi connectivity index (χ4v) is 3.11. The summed E-state index contributed by atoms with van der Waals surface area (Å²) in [5, 5.41) is 6.66. The molecule has 0 aliphatic carbocycles. The minimum atomic E-state index is -3.74. The van der Waals surface area contributed by atoms with Crippen molar-refractivity contribution in [2.24, 2.45) is 5.14 Å². The Hall–Kier alpha value is -2.16. The van der Waals surface area contributed by atoms with Gasteiger partial charge in [-0.25, -0.2) is 18.4 Å². The Morgan fingerprint density at radius 3 is 2.65 bits per heavy atom. The predicted molar refractivity (Wildman–Crippen MR) is 84.8 cm³/mol. The van der Waals surface area contributed by atoms with Gasteiger partial charge in [0.15, 0.2) is 0 Å². The first-order valence-electron chi connectivity index (χ1n) is 6.92. The summed E-state index contributed by atoms with van der Waals surface area (Å²) in [6.07, 6.45) is -0.722. The molecular weight excluding hydrogens is 320 g/mol. The Morgan fingerprint density at radius 1 is 1.26 bits per heavy atom. The second-order valence-corrected chi connectivity index (χ2v) is 6.87. The number of carbonyl (C=O) groups is 1. The van der Waals surface area contributed by atoms with Gasteiger partial charge in [0, 0.05) is 12.8 Å². The third-order valence-corrected chi connectivity index (χ3v) is 4.57. The number of sulfonamides is 1. The van der Waals surface area contributed by atoms with Crippen LogP contribution in [0.4, 0.5) is 10.5 Å². The number of anilines is 1. The van der Waals surface area contributed by atoms with Crippen LogP contribution in [-0.2, 0) is 19.5 Å². The molecule has 3 rings (SSSR count). The van der Waals surface area contributed by atoms with E-state index in [0.29, 0.717) is 18.8 Å². The fraction of sp³-hybridized carbons (Fsp3) is 0.267. The first-order chi connectivity index (χ1) is 10.9. The van der Waals surface area contributed by atoms with E-state index in [4.69, 9.17) is 14.6 Å². The van der Waals surface area contributed by atoms with Gasteiger partial charge in [0.1, 0.15) is 6.10 Å². The van der Waals surface area contributed by atoms with Crippen LogP contribution in [-0.4, -0.2) is 40.9 Å². The number of hydrogen-bond acceptors (Lipinski definition) is 5. The molecule has 2 aromatic carbocycles. The summed E-state index contributed by atoms with van der Waals surface area (Å²) < 4.78 is 33.0. The maximum Gasteiger partial charge on any atom is 0.414 e. The monoisotopic (exact) mass is 336 g/mol. The van der Waals surface area contributed by atoms with Crippen molar-refractivity contribution in [3.05, 3.63) is 36.4 Å². The lowest BCUT2D eigenvalue weighted by Crippen LogP contribution is -2.25. The fourth-order valence-electron chi connectivity index (χ4n) is 2.56. The Balaban J connectivity index is 1.93. The smallest absolute Gasteiger partial charge is 0.414 e. The molecule has 23 heavy (non-hydrogen) atoms. The van der Waals surface area contributed by atoms with Crippen molar-refractivity contribution in [2.45, 2.75) is 11.0 Å². The molecule has 1 amide bonds. The Labute approximate surface area is 133 Å². The molecule has 2 N–H and O–H groups in total. The number of nitrogens with two attached hydrogens (primary N) is 1. The minimum Gasteiger partial charge on any atom is -0.441 e. The average Bonchev–Trinajstić information content (AvgIpc) is 2.86. The largest absolute Gasteiger partial charge is 0.441 e. The van der Waals surface area contributed by atoms with Crippen molar-refractivity contribution >= 4 is 32.6 Å². The van der Waals surface area contributed by atoms with Crippen molar-refractivity contribution in [1.29, 1.82) is 0 Å². The van der Waals surface area contributed by atoms with Gasteiger partial charge in [0.25, 0.3) is 0 Å². The molecule has 122 valence electrons. The highest BCUT2D eigenvalue weighted by Gasteiger charge is 2.32. The zero-order valence-corrected chi connectivity index (χ0v) is 13.2. The molecule has 7 nitrogen and oxygen atoms in total. The van der Waals surface area contributed by atoms with Gasteiger partial charge in [-0.2, -0.15) is 0 Å². The molecule has 1 unspecified atom stereocenters. The van der Waals surface area contributed by atoms with Crippen LogP contribution in [0.15, 0.2) is 41.3 Å². The zero-order valence-electron chi connectivity index (χ0n) is 12.4. The summed E-state index contributed by atoms with van der Waals surface area (Å²) in [6.45, 7) is 0.751. The van der Waals surface area contributed by atoms with Crippen LogP contribution in [0.2, 0.25) is 0 Å². The van der Waals surface area contributed by atoms with Gasteiger partial charge in [-0.05, 0) is 35.0 Å². The van der Waals surface area contributed by atoms with E-state index in [1.54, 1.807) is 31.4 Å². The minimum absolute atomic E-state index is 0.0542. The lowest BCUT2D eigenvalue weighted by molar-refractivity contribution is 0.0718. The number of nitrogens with zero attached hydrogens (tertiary/aromatic N) is 1. The molecule has 0 saturated carbocycles. The van der Waals surface area contributed by atoms with Crippen molar-refractivity contribution in [3.63, 3.8) is 0 Å². The topological polar surface area (TPSA) is 98.9 Å². The molecule has 1 aliphatic rings.